The first kappa shape index (κ1) is 18.6. The molecular formula is C15H23ClFN3O2S. The van der Waals surface area contributed by atoms with Gasteiger partial charge in [-0.2, -0.15) is 4.31 Å². The molecule has 1 atom stereocenters. The summed E-state index contributed by atoms with van der Waals surface area (Å²) in [6.07, 6.45) is 0.812. The molecule has 130 valence electrons. The molecule has 2 aliphatic rings. The molecular weight excluding hydrogens is 341 g/mol. The van der Waals surface area contributed by atoms with Crippen LogP contribution in [0.25, 0.3) is 0 Å². The van der Waals surface area contributed by atoms with Crippen molar-refractivity contribution >= 4 is 22.4 Å². The first-order valence-corrected chi connectivity index (χ1v) is 9.14. The topological polar surface area (TPSA) is 52.7 Å². The molecule has 0 aliphatic carbocycles. The summed E-state index contributed by atoms with van der Waals surface area (Å²) < 4.78 is 41.0. The van der Waals surface area contributed by atoms with E-state index in [1.165, 1.54) is 10.4 Å². The van der Waals surface area contributed by atoms with Crippen LogP contribution in [0.15, 0.2) is 23.1 Å². The van der Waals surface area contributed by atoms with Crippen molar-refractivity contribution in [1.29, 1.82) is 0 Å². The van der Waals surface area contributed by atoms with Crippen molar-refractivity contribution in [2.45, 2.75) is 24.3 Å². The Morgan fingerprint density at radius 2 is 1.91 bits per heavy atom. The molecule has 0 aromatic heterocycles. The molecule has 2 fully saturated rings. The van der Waals surface area contributed by atoms with Gasteiger partial charge in [-0.25, -0.2) is 12.8 Å². The summed E-state index contributed by atoms with van der Waals surface area (Å²) in [6.45, 7) is 6.27. The Kier molecular flexibility index (Phi) is 6.02. The van der Waals surface area contributed by atoms with Crippen LogP contribution in [0, 0.1) is 12.7 Å². The largest absolute Gasteiger partial charge is 0.314 e. The van der Waals surface area contributed by atoms with Crippen LogP contribution in [0.2, 0.25) is 0 Å². The number of halogens is 2. The minimum atomic E-state index is -3.75. The van der Waals surface area contributed by atoms with Gasteiger partial charge in [0.25, 0.3) is 0 Å². The fraction of sp³-hybridized carbons (Fsp3) is 0.600. The summed E-state index contributed by atoms with van der Waals surface area (Å²) in [5.41, 5.74) is 0.360. The number of nitrogens with one attached hydrogen (secondary N) is 1. The van der Waals surface area contributed by atoms with E-state index in [9.17, 15) is 12.8 Å². The normalized spacial score (nSPS) is 23.7. The van der Waals surface area contributed by atoms with E-state index in [0.717, 1.165) is 32.6 Å². The Balaban J connectivity index is 0.00000192. The van der Waals surface area contributed by atoms with Gasteiger partial charge in [-0.05, 0) is 25.0 Å². The number of rotatable bonds is 3. The lowest BCUT2D eigenvalue weighted by Crippen LogP contribution is -2.49. The Labute approximate surface area is 143 Å². The third kappa shape index (κ3) is 3.69. The Morgan fingerprint density at radius 3 is 2.61 bits per heavy atom. The quantitative estimate of drug-likeness (QED) is 0.877. The SMILES string of the molecule is Cc1cccc(S(=O)(=O)N2CCC(N3CCNCC3)C2)c1F.Cl. The number of nitrogens with zero attached hydrogens (tertiary/aromatic N) is 2. The number of benzene rings is 1. The summed E-state index contributed by atoms with van der Waals surface area (Å²) in [5.74, 6) is -0.631. The third-order valence-electron chi connectivity index (χ3n) is 4.57. The average Bonchev–Trinajstić information content (AvgIpc) is 3.01. The standard InChI is InChI=1S/C15H22FN3O2S.ClH/c1-12-3-2-4-14(15(12)16)22(20,21)19-8-5-13(11-19)18-9-6-17-7-10-18;/h2-4,13,17H,5-11H2,1H3;1H. The Morgan fingerprint density at radius 1 is 1.22 bits per heavy atom. The molecule has 0 radical (unpaired) electrons. The van der Waals surface area contributed by atoms with Gasteiger partial charge in [-0.15, -0.1) is 12.4 Å². The summed E-state index contributed by atoms with van der Waals surface area (Å²) in [7, 11) is -3.75. The highest BCUT2D eigenvalue weighted by molar-refractivity contribution is 7.89. The van der Waals surface area contributed by atoms with Crippen LogP contribution in [0.1, 0.15) is 12.0 Å². The van der Waals surface area contributed by atoms with Crippen LogP contribution in [0.3, 0.4) is 0 Å². The van der Waals surface area contributed by atoms with E-state index in [1.807, 2.05) is 0 Å². The number of aryl methyl sites for hydroxylation is 1. The van der Waals surface area contributed by atoms with Gasteiger partial charge in [-0.3, -0.25) is 4.90 Å². The monoisotopic (exact) mass is 363 g/mol. The van der Waals surface area contributed by atoms with Crippen molar-refractivity contribution in [2.75, 3.05) is 39.3 Å². The molecule has 23 heavy (non-hydrogen) atoms. The molecule has 2 aliphatic heterocycles. The van der Waals surface area contributed by atoms with Crippen LogP contribution < -0.4 is 5.32 Å². The molecule has 5 nitrogen and oxygen atoms in total. The molecule has 1 N–H and O–H groups in total. The van der Waals surface area contributed by atoms with E-state index in [0.29, 0.717) is 18.7 Å². The molecule has 2 saturated heterocycles. The molecule has 0 amide bonds. The van der Waals surface area contributed by atoms with E-state index < -0.39 is 15.8 Å². The van der Waals surface area contributed by atoms with Crippen LogP contribution in [-0.4, -0.2) is 62.9 Å². The van der Waals surface area contributed by atoms with Gasteiger partial charge in [0.1, 0.15) is 10.7 Å². The second kappa shape index (κ2) is 7.44. The van der Waals surface area contributed by atoms with Crippen molar-refractivity contribution in [3.05, 3.63) is 29.6 Å². The van der Waals surface area contributed by atoms with Crippen LogP contribution >= 0.6 is 12.4 Å². The Bertz CT molecular complexity index is 650. The van der Waals surface area contributed by atoms with Gasteiger partial charge in [0.05, 0.1) is 0 Å². The summed E-state index contributed by atoms with van der Waals surface area (Å²) in [5, 5.41) is 3.30. The highest BCUT2D eigenvalue weighted by Crippen LogP contribution is 2.26. The maximum absolute atomic E-state index is 14.2. The maximum Gasteiger partial charge on any atom is 0.246 e. The van der Waals surface area contributed by atoms with Crippen molar-refractivity contribution in [3.8, 4) is 0 Å². The summed E-state index contributed by atoms with van der Waals surface area (Å²) in [4.78, 5) is 2.13. The predicted octanol–water partition coefficient (Wildman–Crippen LogP) is 1.22. The van der Waals surface area contributed by atoms with Gasteiger partial charge < -0.3 is 5.32 Å². The molecule has 0 bridgehead atoms. The number of hydrogen-bond donors (Lipinski definition) is 1. The summed E-state index contributed by atoms with van der Waals surface area (Å²) >= 11 is 0. The van der Waals surface area contributed by atoms with Crippen molar-refractivity contribution < 1.29 is 12.8 Å². The molecule has 2 heterocycles. The van der Waals surface area contributed by atoms with Crippen molar-refractivity contribution in [2.24, 2.45) is 0 Å². The second-order valence-corrected chi connectivity index (χ2v) is 7.88. The van der Waals surface area contributed by atoms with Crippen molar-refractivity contribution in [3.63, 3.8) is 0 Å². The first-order chi connectivity index (χ1) is 10.5. The van der Waals surface area contributed by atoms with Crippen LogP contribution in [0.5, 0.6) is 0 Å². The lowest BCUT2D eigenvalue weighted by molar-refractivity contribution is 0.179. The zero-order valence-electron chi connectivity index (χ0n) is 13.2. The first-order valence-electron chi connectivity index (χ1n) is 7.70. The predicted molar refractivity (Wildman–Crippen MR) is 90.0 cm³/mol. The van der Waals surface area contributed by atoms with E-state index in [2.05, 4.69) is 10.2 Å². The molecule has 1 aromatic rings. The van der Waals surface area contributed by atoms with Crippen molar-refractivity contribution in [1.82, 2.24) is 14.5 Å². The molecule has 1 unspecified atom stereocenters. The highest BCUT2D eigenvalue weighted by atomic mass is 35.5. The molecule has 0 saturated carbocycles. The minimum Gasteiger partial charge on any atom is -0.314 e. The summed E-state index contributed by atoms with van der Waals surface area (Å²) in [6, 6.07) is 4.78. The maximum atomic E-state index is 14.2. The van der Waals surface area contributed by atoms with Gasteiger partial charge >= 0.3 is 0 Å². The van der Waals surface area contributed by atoms with E-state index in [4.69, 9.17) is 0 Å². The third-order valence-corrected chi connectivity index (χ3v) is 6.45. The van der Waals surface area contributed by atoms with Crippen LogP contribution in [-0.2, 0) is 10.0 Å². The highest BCUT2D eigenvalue weighted by Gasteiger charge is 2.36. The van der Waals surface area contributed by atoms with Gasteiger partial charge in [0.2, 0.25) is 10.0 Å². The lowest BCUT2D eigenvalue weighted by atomic mass is 10.2. The average molecular weight is 364 g/mol. The van der Waals surface area contributed by atoms with Crippen LogP contribution in [0.4, 0.5) is 4.39 Å². The van der Waals surface area contributed by atoms with Gasteiger partial charge in [0, 0.05) is 45.3 Å². The molecule has 3 rings (SSSR count). The van der Waals surface area contributed by atoms with E-state index >= 15 is 0 Å². The lowest BCUT2D eigenvalue weighted by Gasteiger charge is -2.32. The fourth-order valence-electron chi connectivity index (χ4n) is 3.23. The molecule has 1 aromatic carbocycles. The second-order valence-electron chi connectivity index (χ2n) is 5.98. The minimum absolute atomic E-state index is 0. The zero-order valence-corrected chi connectivity index (χ0v) is 14.8. The zero-order chi connectivity index (χ0) is 15.7. The fourth-order valence-corrected chi connectivity index (χ4v) is 4.86. The smallest absolute Gasteiger partial charge is 0.246 e. The molecule has 0 spiro atoms. The van der Waals surface area contributed by atoms with Gasteiger partial charge in [-0.1, -0.05) is 12.1 Å². The van der Waals surface area contributed by atoms with E-state index in [-0.39, 0.29) is 23.3 Å². The van der Waals surface area contributed by atoms with Gasteiger partial charge in [0.15, 0.2) is 0 Å². The Hall–Kier alpha value is -0.730. The molecule has 8 heteroatoms. The number of sulfonamides is 1. The number of hydrogen-bond acceptors (Lipinski definition) is 4. The number of piperazine rings is 1. The van der Waals surface area contributed by atoms with E-state index in [1.54, 1.807) is 19.1 Å².